The fourth-order valence-electron chi connectivity index (χ4n) is 0.826. The predicted octanol–water partition coefficient (Wildman–Crippen LogP) is 1.44. The number of hydrogen-bond donors (Lipinski definition) is 2. The second kappa shape index (κ2) is 2.81. The minimum absolute atomic E-state index is 0.231. The average molecular weight is 170 g/mol. The Morgan fingerprint density at radius 1 is 1.42 bits per heavy atom. The van der Waals surface area contributed by atoms with E-state index < -0.39 is 23.1 Å². The number of benzene rings is 1. The number of carbonyl (C=O) groups excluding carboxylic acids is 1. The molecule has 0 atom stereocenters. The third-order valence-electron chi connectivity index (χ3n) is 1.47. The molecule has 3 nitrogen and oxygen atoms in total. The Morgan fingerprint density at radius 2 is 2.00 bits per heavy atom. The second-order valence-corrected chi connectivity index (χ2v) is 2.35. The Hall–Kier alpha value is -1.58. The SMILES string of the molecule is CC(=O)c1ccc(O)c(O)c1F. The summed E-state index contributed by atoms with van der Waals surface area (Å²) in [7, 11) is 0. The number of phenolic OH excluding ortho intramolecular Hbond substituents is 2. The van der Waals surface area contributed by atoms with Crippen molar-refractivity contribution in [2.24, 2.45) is 0 Å². The van der Waals surface area contributed by atoms with Gasteiger partial charge in [0, 0.05) is 0 Å². The van der Waals surface area contributed by atoms with Gasteiger partial charge in [0.25, 0.3) is 0 Å². The largest absolute Gasteiger partial charge is 0.504 e. The number of rotatable bonds is 1. The van der Waals surface area contributed by atoms with E-state index in [9.17, 15) is 9.18 Å². The van der Waals surface area contributed by atoms with E-state index >= 15 is 0 Å². The van der Waals surface area contributed by atoms with Crippen molar-refractivity contribution in [3.8, 4) is 11.5 Å². The van der Waals surface area contributed by atoms with Crippen LogP contribution in [-0.4, -0.2) is 16.0 Å². The molecule has 0 saturated heterocycles. The first-order valence-electron chi connectivity index (χ1n) is 3.25. The van der Waals surface area contributed by atoms with E-state index in [4.69, 9.17) is 10.2 Å². The lowest BCUT2D eigenvalue weighted by Gasteiger charge is -2.01. The zero-order chi connectivity index (χ0) is 9.30. The minimum atomic E-state index is -1.08. The van der Waals surface area contributed by atoms with Gasteiger partial charge in [-0.1, -0.05) is 0 Å². The normalized spacial score (nSPS) is 9.83. The second-order valence-electron chi connectivity index (χ2n) is 2.35. The first-order valence-corrected chi connectivity index (χ1v) is 3.25. The van der Waals surface area contributed by atoms with Crippen LogP contribution in [0.3, 0.4) is 0 Å². The third kappa shape index (κ3) is 1.23. The molecule has 0 bridgehead atoms. The number of halogens is 1. The molecular formula is C8H7FO3. The molecule has 0 radical (unpaired) electrons. The Morgan fingerprint density at radius 3 is 2.50 bits per heavy atom. The Labute approximate surface area is 68.1 Å². The van der Waals surface area contributed by atoms with E-state index in [0.717, 1.165) is 12.1 Å². The number of phenols is 2. The maximum Gasteiger partial charge on any atom is 0.194 e. The summed E-state index contributed by atoms with van der Waals surface area (Å²) in [5, 5.41) is 17.7. The van der Waals surface area contributed by atoms with Crippen LogP contribution in [0.25, 0.3) is 0 Å². The molecule has 0 amide bonds. The first kappa shape index (κ1) is 8.52. The standard InChI is InChI=1S/C8H7FO3/c1-4(10)5-2-3-6(11)8(12)7(5)9/h2-3,11-12H,1H3. The number of hydrogen-bond acceptors (Lipinski definition) is 3. The summed E-state index contributed by atoms with van der Waals surface area (Å²) in [6.07, 6.45) is 0. The number of ketones is 1. The Bertz CT molecular complexity index is 333. The molecule has 2 N–H and O–H groups in total. The lowest BCUT2D eigenvalue weighted by Crippen LogP contribution is -1.96. The van der Waals surface area contributed by atoms with Gasteiger partial charge in [0.05, 0.1) is 5.56 Å². The van der Waals surface area contributed by atoms with Gasteiger partial charge in [-0.2, -0.15) is 0 Å². The number of carbonyl (C=O) groups is 1. The lowest BCUT2D eigenvalue weighted by molar-refractivity contribution is 0.101. The molecule has 1 aromatic rings. The molecule has 64 valence electrons. The molecule has 12 heavy (non-hydrogen) atoms. The number of aromatic hydroxyl groups is 2. The van der Waals surface area contributed by atoms with Crippen LogP contribution >= 0.6 is 0 Å². The molecule has 0 unspecified atom stereocenters. The van der Waals surface area contributed by atoms with E-state index in [1.807, 2.05) is 0 Å². The molecule has 0 aliphatic heterocycles. The molecule has 0 aliphatic rings. The molecule has 1 aromatic carbocycles. The molecule has 0 saturated carbocycles. The quantitative estimate of drug-likeness (QED) is 0.495. The molecule has 0 aliphatic carbocycles. The van der Waals surface area contributed by atoms with Gasteiger partial charge in [0.1, 0.15) is 0 Å². The summed E-state index contributed by atoms with van der Waals surface area (Å²) >= 11 is 0. The zero-order valence-corrected chi connectivity index (χ0v) is 6.34. The maximum absolute atomic E-state index is 12.9. The van der Waals surface area contributed by atoms with Crippen molar-refractivity contribution < 1.29 is 19.4 Å². The van der Waals surface area contributed by atoms with Gasteiger partial charge < -0.3 is 10.2 Å². The van der Waals surface area contributed by atoms with E-state index in [1.54, 1.807) is 0 Å². The van der Waals surface area contributed by atoms with Crippen LogP contribution in [0.4, 0.5) is 4.39 Å². The van der Waals surface area contributed by atoms with E-state index in [-0.39, 0.29) is 5.56 Å². The van der Waals surface area contributed by atoms with Crippen LogP contribution in [0.5, 0.6) is 11.5 Å². The van der Waals surface area contributed by atoms with Crippen LogP contribution in [0.1, 0.15) is 17.3 Å². The van der Waals surface area contributed by atoms with Gasteiger partial charge in [0.2, 0.25) is 0 Å². The van der Waals surface area contributed by atoms with E-state index in [1.165, 1.54) is 6.92 Å². The maximum atomic E-state index is 12.9. The summed E-state index contributed by atoms with van der Waals surface area (Å²) < 4.78 is 12.9. The summed E-state index contributed by atoms with van der Waals surface area (Å²) in [4.78, 5) is 10.7. The smallest absolute Gasteiger partial charge is 0.194 e. The molecular weight excluding hydrogens is 163 g/mol. The molecule has 0 fully saturated rings. The highest BCUT2D eigenvalue weighted by Gasteiger charge is 2.14. The summed E-state index contributed by atoms with van der Waals surface area (Å²) in [5.41, 5.74) is -0.231. The molecule has 0 spiro atoms. The molecule has 0 aromatic heterocycles. The van der Waals surface area contributed by atoms with Gasteiger partial charge in [-0.25, -0.2) is 4.39 Å². The zero-order valence-electron chi connectivity index (χ0n) is 6.34. The van der Waals surface area contributed by atoms with Crippen molar-refractivity contribution in [1.29, 1.82) is 0 Å². The Balaban J connectivity index is 3.36. The lowest BCUT2D eigenvalue weighted by atomic mass is 10.1. The van der Waals surface area contributed by atoms with Gasteiger partial charge in [-0.05, 0) is 19.1 Å². The van der Waals surface area contributed by atoms with Crippen LogP contribution in [0.2, 0.25) is 0 Å². The van der Waals surface area contributed by atoms with Crippen molar-refractivity contribution in [1.82, 2.24) is 0 Å². The highest BCUT2D eigenvalue weighted by Crippen LogP contribution is 2.29. The Kier molecular flexibility index (Phi) is 1.99. The third-order valence-corrected chi connectivity index (χ3v) is 1.47. The van der Waals surface area contributed by atoms with Crippen molar-refractivity contribution in [2.75, 3.05) is 0 Å². The summed E-state index contributed by atoms with van der Waals surface area (Å²) in [6.45, 7) is 1.18. The monoisotopic (exact) mass is 170 g/mol. The van der Waals surface area contributed by atoms with Crippen LogP contribution in [-0.2, 0) is 0 Å². The van der Waals surface area contributed by atoms with Gasteiger partial charge >= 0.3 is 0 Å². The fourth-order valence-corrected chi connectivity index (χ4v) is 0.826. The first-order chi connectivity index (χ1) is 5.54. The van der Waals surface area contributed by atoms with Crippen LogP contribution in [0, 0.1) is 5.82 Å². The summed E-state index contributed by atoms with van der Waals surface area (Å²) in [6, 6.07) is 2.18. The van der Waals surface area contributed by atoms with Crippen molar-refractivity contribution in [3.63, 3.8) is 0 Å². The van der Waals surface area contributed by atoms with Gasteiger partial charge in [0.15, 0.2) is 23.1 Å². The van der Waals surface area contributed by atoms with Crippen LogP contribution < -0.4 is 0 Å². The molecule has 1 rings (SSSR count). The van der Waals surface area contributed by atoms with Crippen molar-refractivity contribution in [3.05, 3.63) is 23.5 Å². The topological polar surface area (TPSA) is 57.5 Å². The van der Waals surface area contributed by atoms with Crippen LogP contribution in [0.15, 0.2) is 12.1 Å². The van der Waals surface area contributed by atoms with Gasteiger partial charge in [-0.15, -0.1) is 0 Å². The molecule has 4 heteroatoms. The number of Topliss-reactive ketones (excluding diaryl/α,β-unsaturated/α-hetero) is 1. The fraction of sp³-hybridized carbons (Fsp3) is 0.125. The average Bonchev–Trinajstić information content (AvgIpc) is 2.00. The van der Waals surface area contributed by atoms with E-state index in [0.29, 0.717) is 0 Å². The molecule has 0 heterocycles. The highest BCUT2D eigenvalue weighted by molar-refractivity contribution is 5.95. The van der Waals surface area contributed by atoms with Crippen molar-refractivity contribution in [2.45, 2.75) is 6.92 Å². The predicted molar refractivity (Wildman–Crippen MR) is 39.7 cm³/mol. The van der Waals surface area contributed by atoms with Crippen molar-refractivity contribution >= 4 is 5.78 Å². The van der Waals surface area contributed by atoms with E-state index in [2.05, 4.69) is 0 Å². The highest BCUT2D eigenvalue weighted by atomic mass is 19.1. The minimum Gasteiger partial charge on any atom is -0.504 e. The van der Waals surface area contributed by atoms with Gasteiger partial charge in [-0.3, -0.25) is 4.79 Å². The summed E-state index contributed by atoms with van der Waals surface area (Å²) in [5.74, 6) is -3.04.